The van der Waals surface area contributed by atoms with Crippen LogP contribution in [0.25, 0.3) is 0 Å². The average molecular weight is 393 g/mol. The Morgan fingerprint density at radius 3 is 1.56 bits per heavy atom. The van der Waals surface area contributed by atoms with E-state index in [1.165, 1.54) is 0 Å². The topological polar surface area (TPSA) is 36.9 Å². The molecular formula is C19H44O4Si2. The van der Waals surface area contributed by atoms with Crippen LogP contribution < -0.4 is 0 Å². The van der Waals surface area contributed by atoms with Gasteiger partial charge in [-0.1, -0.05) is 41.5 Å². The Morgan fingerprint density at radius 2 is 1.16 bits per heavy atom. The van der Waals surface area contributed by atoms with Crippen LogP contribution in [0.1, 0.15) is 61.8 Å². The van der Waals surface area contributed by atoms with Gasteiger partial charge in [-0.25, -0.2) is 0 Å². The van der Waals surface area contributed by atoms with Crippen LogP contribution in [-0.2, 0) is 18.0 Å². The van der Waals surface area contributed by atoms with E-state index in [2.05, 4.69) is 48.1 Å². The second-order valence-electron chi connectivity index (χ2n) is 7.88. The molecule has 0 aromatic rings. The molecule has 0 radical (unpaired) electrons. The summed E-state index contributed by atoms with van der Waals surface area (Å²) in [5.41, 5.74) is 1.87. The van der Waals surface area contributed by atoms with Crippen LogP contribution >= 0.6 is 0 Å². The van der Waals surface area contributed by atoms with E-state index in [0.29, 0.717) is 29.8 Å². The van der Waals surface area contributed by atoms with Gasteiger partial charge in [-0.05, 0) is 49.5 Å². The van der Waals surface area contributed by atoms with Crippen molar-refractivity contribution in [2.45, 2.75) is 91.0 Å². The van der Waals surface area contributed by atoms with E-state index in [-0.39, 0.29) is 0 Å². The molecule has 0 heterocycles. The summed E-state index contributed by atoms with van der Waals surface area (Å²) in [5, 5.41) is 0. The first kappa shape index (κ1) is 25.3. The molecule has 6 heteroatoms. The van der Waals surface area contributed by atoms with E-state index in [9.17, 15) is 0 Å². The molecule has 0 rings (SSSR count). The Bertz CT molecular complexity index is 308. The molecule has 0 aliphatic heterocycles. The molecule has 0 aromatic carbocycles. The van der Waals surface area contributed by atoms with E-state index in [1.54, 1.807) is 0 Å². The monoisotopic (exact) mass is 392 g/mol. The highest BCUT2D eigenvalue weighted by atomic mass is 28.4. The molecule has 0 spiro atoms. The van der Waals surface area contributed by atoms with Crippen LogP contribution in [0.2, 0.25) is 29.2 Å². The minimum Gasteiger partial charge on any atom is -0.414 e. The fraction of sp³-hybridized carbons (Fsp3) is 1.00. The van der Waals surface area contributed by atoms with Crippen molar-refractivity contribution >= 4 is 16.9 Å². The molecule has 0 N–H and O–H groups in total. The number of hydrogen-bond acceptors (Lipinski definition) is 4. The van der Waals surface area contributed by atoms with Crippen LogP contribution in [0.3, 0.4) is 0 Å². The third-order valence-electron chi connectivity index (χ3n) is 5.11. The van der Waals surface area contributed by atoms with E-state index >= 15 is 0 Å². The van der Waals surface area contributed by atoms with Gasteiger partial charge in [-0.15, -0.1) is 0 Å². The van der Waals surface area contributed by atoms with Gasteiger partial charge in [0.15, 0.2) is 8.32 Å². The molecule has 152 valence electrons. The SMILES string of the molecule is CCO[Si](C)(CCCOCCO[Si](C(C)C)(C(C)C)C(C)C)OCC. The Kier molecular flexibility index (Phi) is 12.8. The highest BCUT2D eigenvalue weighted by Gasteiger charge is 2.44. The average Bonchev–Trinajstić information content (AvgIpc) is 2.49. The van der Waals surface area contributed by atoms with Crippen molar-refractivity contribution < 1.29 is 18.0 Å². The van der Waals surface area contributed by atoms with Crippen LogP contribution in [0.4, 0.5) is 0 Å². The predicted molar refractivity (Wildman–Crippen MR) is 112 cm³/mol. The van der Waals surface area contributed by atoms with E-state index in [4.69, 9.17) is 18.0 Å². The highest BCUT2D eigenvalue weighted by molar-refractivity contribution is 6.77. The van der Waals surface area contributed by atoms with E-state index in [1.807, 2.05) is 13.8 Å². The number of hydrogen-bond donors (Lipinski definition) is 0. The summed E-state index contributed by atoms with van der Waals surface area (Å²) in [6.45, 7) is 23.7. The molecule has 4 nitrogen and oxygen atoms in total. The van der Waals surface area contributed by atoms with Gasteiger partial charge in [0, 0.05) is 19.8 Å². The lowest BCUT2D eigenvalue weighted by Crippen LogP contribution is -2.48. The molecule has 0 unspecified atom stereocenters. The molecule has 0 aliphatic carbocycles. The molecule has 0 aliphatic rings. The zero-order chi connectivity index (χ0) is 19.5. The lowest BCUT2D eigenvalue weighted by molar-refractivity contribution is 0.0918. The smallest absolute Gasteiger partial charge is 0.334 e. The van der Waals surface area contributed by atoms with Gasteiger partial charge in [0.1, 0.15) is 0 Å². The van der Waals surface area contributed by atoms with Crippen molar-refractivity contribution in [2.24, 2.45) is 0 Å². The summed E-state index contributed by atoms with van der Waals surface area (Å²) in [6, 6.07) is 0.984. The largest absolute Gasteiger partial charge is 0.414 e. The maximum Gasteiger partial charge on any atom is 0.334 e. The van der Waals surface area contributed by atoms with Gasteiger partial charge in [0.2, 0.25) is 0 Å². The van der Waals surface area contributed by atoms with Crippen molar-refractivity contribution in [2.75, 3.05) is 33.0 Å². The lowest BCUT2D eigenvalue weighted by atomic mass is 10.5. The maximum absolute atomic E-state index is 6.51. The first-order valence-corrected chi connectivity index (χ1v) is 14.8. The molecule has 25 heavy (non-hydrogen) atoms. The summed E-state index contributed by atoms with van der Waals surface area (Å²) in [4.78, 5) is 0. The Hall–Kier alpha value is 0.274. The van der Waals surface area contributed by atoms with Crippen molar-refractivity contribution in [3.8, 4) is 0 Å². The van der Waals surface area contributed by atoms with Gasteiger partial charge in [0.25, 0.3) is 0 Å². The third kappa shape index (κ3) is 8.22. The van der Waals surface area contributed by atoms with Crippen molar-refractivity contribution in [1.82, 2.24) is 0 Å². The Balaban J connectivity index is 4.20. The van der Waals surface area contributed by atoms with Crippen LogP contribution in [0.15, 0.2) is 0 Å². The fourth-order valence-corrected chi connectivity index (χ4v) is 12.0. The lowest BCUT2D eigenvalue weighted by Gasteiger charge is -2.42. The summed E-state index contributed by atoms with van der Waals surface area (Å²) in [5.74, 6) is 0. The molecule has 0 bridgehead atoms. The summed E-state index contributed by atoms with van der Waals surface area (Å²) >= 11 is 0. The van der Waals surface area contributed by atoms with Crippen molar-refractivity contribution in [3.05, 3.63) is 0 Å². The first-order valence-electron chi connectivity index (χ1n) is 10.2. The van der Waals surface area contributed by atoms with Gasteiger partial charge < -0.3 is 18.0 Å². The fourth-order valence-electron chi connectivity index (χ4n) is 4.17. The molecule has 0 amide bonds. The molecule has 0 saturated carbocycles. The summed E-state index contributed by atoms with van der Waals surface area (Å²) in [7, 11) is -3.76. The van der Waals surface area contributed by atoms with Crippen LogP contribution in [0, 0.1) is 0 Å². The highest BCUT2D eigenvalue weighted by Crippen LogP contribution is 2.42. The molecule has 0 atom stereocenters. The number of rotatable bonds is 15. The van der Waals surface area contributed by atoms with Crippen molar-refractivity contribution in [1.29, 1.82) is 0 Å². The third-order valence-corrected chi connectivity index (χ3v) is 14.3. The molecular weight excluding hydrogens is 348 g/mol. The van der Waals surface area contributed by atoms with Gasteiger partial charge in [-0.2, -0.15) is 0 Å². The maximum atomic E-state index is 6.51. The van der Waals surface area contributed by atoms with Gasteiger partial charge in [-0.3, -0.25) is 0 Å². The van der Waals surface area contributed by atoms with Crippen LogP contribution in [0.5, 0.6) is 0 Å². The number of ether oxygens (including phenoxy) is 1. The molecule has 0 aromatic heterocycles. The van der Waals surface area contributed by atoms with Crippen molar-refractivity contribution in [3.63, 3.8) is 0 Å². The van der Waals surface area contributed by atoms with Gasteiger partial charge in [0.05, 0.1) is 13.2 Å². The van der Waals surface area contributed by atoms with E-state index < -0.39 is 16.9 Å². The minimum atomic E-state index is -2.00. The summed E-state index contributed by atoms with van der Waals surface area (Å²) < 4.78 is 24.1. The van der Waals surface area contributed by atoms with E-state index in [0.717, 1.165) is 32.3 Å². The molecule has 0 saturated heterocycles. The first-order chi connectivity index (χ1) is 11.7. The quantitative estimate of drug-likeness (QED) is 0.263. The second kappa shape index (κ2) is 12.6. The second-order valence-corrected chi connectivity index (χ2v) is 16.7. The minimum absolute atomic E-state index is 0.622. The van der Waals surface area contributed by atoms with Crippen LogP contribution in [-0.4, -0.2) is 49.9 Å². The zero-order valence-corrected chi connectivity index (χ0v) is 20.3. The standard InChI is InChI=1S/C19H44O4Si2/c1-10-21-24(9,22-11-2)16-12-13-20-14-15-23-25(17(3)4,18(5)6)19(7)8/h17-19H,10-16H2,1-9H3. The Morgan fingerprint density at radius 1 is 0.680 bits per heavy atom. The normalized spacial score (nSPS) is 13.4. The summed E-state index contributed by atoms with van der Waals surface area (Å²) in [6.07, 6.45) is 0.990. The Labute approximate surface area is 159 Å². The van der Waals surface area contributed by atoms with Gasteiger partial charge >= 0.3 is 8.56 Å². The predicted octanol–water partition coefficient (Wildman–Crippen LogP) is 5.73. The molecule has 0 fully saturated rings. The zero-order valence-electron chi connectivity index (χ0n) is 18.3.